The quantitative estimate of drug-likeness (QED) is 0.671. The third-order valence-corrected chi connectivity index (χ3v) is 4.26. The molecule has 1 amide bonds. The van der Waals surface area contributed by atoms with Crippen molar-refractivity contribution >= 4 is 28.4 Å². The molecule has 0 saturated heterocycles. The van der Waals surface area contributed by atoms with Gasteiger partial charge < -0.3 is 9.32 Å². The lowest BCUT2D eigenvalue weighted by Crippen LogP contribution is -2.28. The van der Waals surface area contributed by atoms with Crippen molar-refractivity contribution in [1.82, 2.24) is 9.27 Å². The fourth-order valence-electron chi connectivity index (χ4n) is 2.35. The Balaban J connectivity index is 1.82. The summed E-state index contributed by atoms with van der Waals surface area (Å²) in [6, 6.07) is 9.88. The molecule has 4 nitrogen and oxygen atoms in total. The smallest absolute Gasteiger partial charge is 0.246 e. The molecular weight excluding hydrogens is 296 g/mol. The Bertz CT molecular complexity index is 819. The Hall–Kier alpha value is -2.40. The predicted molar refractivity (Wildman–Crippen MR) is 87.5 cm³/mol. The molecule has 0 spiro atoms. The van der Waals surface area contributed by atoms with E-state index >= 15 is 0 Å². The maximum atomic E-state index is 12.1. The zero-order valence-electron chi connectivity index (χ0n) is 12.3. The van der Waals surface area contributed by atoms with Crippen LogP contribution in [-0.2, 0) is 17.9 Å². The number of hydrogen-bond acceptors (Lipinski definition) is 4. The minimum Gasteiger partial charge on any atom is -0.464 e. The van der Waals surface area contributed by atoms with Crippen molar-refractivity contribution in [2.75, 3.05) is 0 Å². The summed E-state index contributed by atoms with van der Waals surface area (Å²) >= 11 is 1.43. The molecule has 3 rings (SSSR count). The van der Waals surface area contributed by atoms with Crippen LogP contribution >= 0.6 is 11.5 Å². The van der Waals surface area contributed by atoms with Crippen LogP contribution in [0.2, 0.25) is 0 Å². The Morgan fingerprint density at radius 3 is 2.95 bits per heavy atom. The van der Waals surface area contributed by atoms with E-state index in [0.717, 1.165) is 27.1 Å². The lowest BCUT2D eigenvalue weighted by molar-refractivity contribution is -0.127. The van der Waals surface area contributed by atoms with Gasteiger partial charge in [-0.2, -0.15) is 4.37 Å². The van der Waals surface area contributed by atoms with Gasteiger partial charge in [0.15, 0.2) is 0 Å². The average molecular weight is 312 g/mol. The molecule has 0 bridgehead atoms. The van der Waals surface area contributed by atoms with Crippen LogP contribution in [0.25, 0.3) is 11.0 Å². The average Bonchev–Trinajstić information content (AvgIpc) is 3.14. The van der Waals surface area contributed by atoms with E-state index in [-0.39, 0.29) is 5.91 Å². The van der Waals surface area contributed by atoms with Gasteiger partial charge in [0.2, 0.25) is 5.91 Å². The molecular formula is C17H16N2O2S. The van der Waals surface area contributed by atoms with Gasteiger partial charge in [0.1, 0.15) is 5.58 Å². The van der Waals surface area contributed by atoms with E-state index in [0.29, 0.717) is 13.1 Å². The Morgan fingerprint density at radius 1 is 1.36 bits per heavy atom. The highest BCUT2D eigenvalue weighted by molar-refractivity contribution is 7.05. The maximum Gasteiger partial charge on any atom is 0.246 e. The van der Waals surface area contributed by atoms with E-state index in [1.54, 1.807) is 11.2 Å². The lowest BCUT2D eigenvalue weighted by atomic mass is 10.1. The Kier molecular flexibility index (Phi) is 4.06. The maximum absolute atomic E-state index is 12.1. The van der Waals surface area contributed by atoms with E-state index in [4.69, 9.17) is 4.42 Å². The summed E-state index contributed by atoms with van der Waals surface area (Å²) in [4.78, 5) is 14.9. The van der Waals surface area contributed by atoms with Gasteiger partial charge in [-0.05, 0) is 54.4 Å². The first-order valence-corrected chi connectivity index (χ1v) is 7.73. The highest BCUT2D eigenvalue weighted by Gasteiger charge is 2.13. The van der Waals surface area contributed by atoms with Crippen molar-refractivity contribution in [2.24, 2.45) is 0 Å². The molecule has 0 saturated carbocycles. The topological polar surface area (TPSA) is 46.3 Å². The third kappa shape index (κ3) is 3.09. The molecule has 5 heteroatoms. The number of benzene rings is 1. The van der Waals surface area contributed by atoms with Gasteiger partial charge in [-0.1, -0.05) is 12.6 Å². The molecule has 0 fully saturated rings. The van der Waals surface area contributed by atoms with E-state index in [1.807, 2.05) is 37.3 Å². The summed E-state index contributed by atoms with van der Waals surface area (Å²) in [6.07, 6.45) is 3.02. The van der Waals surface area contributed by atoms with Gasteiger partial charge in [0, 0.05) is 16.8 Å². The zero-order valence-corrected chi connectivity index (χ0v) is 13.1. The molecule has 3 aromatic rings. The van der Waals surface area contributed by atoms with Crippen LogP contribution in [0.15, 0.2) is 53.7 Å². The molecule has 0 aliphatic rings. The van der Waals surface area contributed by atoms with Gasteiger partial charge in [-0.3, -0.25) is 4.79 Å². The van der Waals surface area contributed by atoms with E-state index in [9.17, 15) is 4.79 Å². The first-order chi connectivity index (χ1) is 10.7. The number of furan rings is 1. The van der Waals surface area contributed by atoms with Crippen LogP contribution in [-0.4, -0.2) is 15.2 Å². The van der Waals surface area contributed by atoms with Crippen LogP contribution < -0.4 is 0 Å². The van der Waals surface area contributed by atoms with Crippen LogP contribution in [0.1, 0.15) is 16.1 Å². The third-order valence-electron chi connectivity index (χ3n) is 3.40. The summed E-state index contributed by atoms with van der Waals surface area (Å²) in [6.45, 7) is 6.62. The molecule has 2 heterocycles. The zero-order chi connectivity index (χ0) is 15.5. The molecule has 0 unspecified atom stereocenters. The van der Waals surface area contributed by atoms with Gasteiger partial charge in [0.25, 0.3) is 0 Å². The van der Waals surface area contributed by atoms with Crippen molar-refractivity contribution in [2.45, 2.75) is 20.0 Å². The van der Waals surface area contributed by atoms with Crippen molar-refractivity contribution < 1.29 is 9.21 Å². The standard InChI is InChI=1S/C17H16N2O2S/c1-3-17(20)19(11-15-8-12(2)18-22-15)10-13-4-5-16-14(9-13)6-7-21-16/h3-9H,1,10-11H2,2H3. The lowest BCUT2D eigenvalue weighted by Gasteiger charge is -2.20. The molecule has 0 aliphatic carbocycles. The highest BCUT2D eigenvalue weighted by atomic mass is 32.1. The number of nitrogens with zero attached hydrogens (tertiary/aromatic N) is 2. The second kappa shape index (κ2) is 6.15. The summed E-state index contributed by atoms with van der Waals surface area (Å²) in [5.74, 6) is -0.0849. The van der Waals surface area contributed by atoms with Crippen molar-refractivity contribution in [3.63, 3.8) is 0 Å². The van der Waals surface area contributed by atoms with Crippen LogP contribution in [0, 0.1) is 6.92 Å². The fourth-order valence-corrected chi connectivity index (χ4v) is 3.11. The molecule has 0 aliphatic heterocycles. The fraction of sp³-hybridized carbons (Fsp3) is 0.176. The van der Waals surface area contributed by atoms with Gasteiger partial charge in [-0.25, -0.2) is 0 Å². The molecule has 2 aromatic heterocycles. The normalized spacial score (nSPS) is 10.8. The molecule has 0 atom stereocenters. The van der Waals surface area contributed by atoms with E-state index < -0.39 is 0 Å². The second-order valence-corrected chi connectivity index (χ2v) is 6.02. The minimum atomic E-state index is -0.0849. The van der Waals surface area contributed by atoms with E-state index in [2.05, 4.69) is 11.0 Å². The largest absolute Gasteiger partial charge is 0.464 e. The van der Waals surface area contributed by atoms with Crippen LogP contribution in [0.4, 0.5) is 0 Å². The monoisotopic (exact) mass is 312 g/mol. The number of aryl methyl sites for hydroxylation is 1. The molecule has 0 radical (unpaired) electrons. The van der Waals surface area contributed by atoms with Crippen LogP contribution in [0.3, 0.4) is 0 Å². The first kappa shape index (κ1) is 14.5. The number of carbonyl (C=O) groups excluding carboxylic acids is 1. The number of aromatic nitrogens is 1. The molecule has 22 heavy (non-hydrogen) atoms. The van der Waals surface area contributed by atoms with Crippen molar-refractivity contribution in [3.05, 3.63) is 65.4 Å². The summed E-state index contributed by atoms with van der Waals surface area (Å²) < 4.78 is 9.60. The van der Waals surface area contributed by atoms with Gasteiger partial charge in [0.05, 0.1) is 18.5 Å². The molecule has 112 valence electrons. The van der Waals surface area contributed by atoms with Gasteiger partial charge >= 0.3 is 0 Å². The Labute approximate surface area is 132 Å². The molecule has 0 N–H and O–H groups in total. The van der Waals surface area contributed by atoms with Gasteiger partial charge in [-0.15, -0.1) is 0 Å². The number of rotatable bonds is 5. The Morgan fingerprint density at radius 2 is 2.23 bits per heavy atom. The first-order valence-electron chi connectivity index (χ1n) is 6.95. The number of amides is 1. The number of hydrogen-bond donors (Lipinski definition) is 0. The minimum absolute atomic E-state index is 0.0849. The van der Waals surface area contributed by atoms with Crippen molar-refractivity contribution in [3.8, 4) is 0 Å². The predicted octanol–water partition coefficient (Wildman–Crippen LogP) is 3.91. The van der Waals surface area contributed by atoms with Crippen LogP contribution in [0.5, 0.6) is 0 Å². The second-order valence-electron chi connectivity index (χ2n) is 5.13. The van der Waals surface area contributed by atoms with E-state index in [1.165, 1.54) is 17.6 Å². The summed E-state index contributed by atoms with van der Waals surface area (Å²) in [5.41, 5.74) is 2.89. The SMILES string of the molecule is C=CC(=O)N(Cc1ccc2occc2c1)Cc1cc(C)ns1. The summed E-state index contributed by atoms with van der Waals surface area (Å²) in [7, 11) is 0. The number of carbonyl (C=O) groups is 1. The molecule has 1 aromatic carbocycles. The number of fused-ring (bicyclic) bond motifs is 1. The summed E-state index contributed by atoms with van der Waals surface area (Å²) in [5, 5.41) is 1.04. The van der Waals surface area contributed by atoms with Crippen molar-refractivity contribution in [1.29, 1.82) is 0 Å². The highest BCUT2D eigenvalue weighted by Crippen LogP contribution is 2.20.